The number of oxazole rings is 1. The third-order valence-corrected chi connectivity index (χ3v) is 4.87. The van der Waals surface area contributed by atoms with E-state index in [0.29, 0.717) is 6.01 Å². The predicted octanol–water partition coefficient (Wildman–Crippen LogP) is 3.55. The maximum absolute atomic E-state index is 10.1. The summed E-state index contributed by atoms with van der Waals surface area (Å²) in [4.78, 5) is 8.64. The Balaban J connectivity index is 1.52. The van der Waals surface area contributed by atoms with Gasteiger partial charge in [-0.15, -0.1) is 0 Å². The maximum atomic E-state index is 10.1. The molecule has 0 aliphatic heterocycles. The first-order valence-electron chi connectivity index (χ1n) is 8.19. The van der Waals surface area contributed by atoms with Gasteiger partial charge in [0.15, 0.2) is 5.58 Å². The molecule has 3 aromatic rings. The molecule has 1 aliphatic carbocycles. The molecular formula is C17H19BrN4O2. The van der Waals surface area contributed by atoms with Crippen LogP contribution in [0.25, 0.3) is 11.1 Å². The Labute approximate surface area is 148 Å². The summed E-state index contributed by atoms with van der Waals surface area (Å²) in [6, 6.07) is 6.51. The molecule has 1 saturated carbocycles. The minimum Gasteiger partial charge on any atom is -0.424 e. The van der Waals surface area contributed by atoms with Crippen molar-refractivity contribution in [2.75, 3.05) is 5.32 Å². The first-order chi connectivity index (χ1) is 11.7. The van der Waals surface area contributed by atoms with E-state index in [4.69, 9.17) is 4.42 Å². The Morgan fingerprint density at radius 1 is 1.33 bits per heavy atom. The second-order valence-corrected chi connectivity index (χ2v) is 7.10. The highest BCUT2D eigenvalue weighted by molar-refractivity contribution is 9.10. The number of nitrogens with zero attached hydrogens (tertiary/aromatic N) is 3. The molecule has 0 bridgehead atoms. The lowest BCUT2D eigenvalue weighted by Gasteiger charge is -2.27. The van der Waals surface area contributed by atoms with Gasteiger partial charge in [-0.1, -0.05) is 18.9 Å². The van der Waals surface area contributed by atoms with Gasteiger partial charge < -0.3 is 19.4 Å². The van der Waals surface area contributed by atoms with Crippen molar-refractivity contribution >= 4 is 33.0 Å². The summed E-state index contributed by atoms with van der Waals surface area (Å²) in [6.45, 7) is 0.722. The number of fused-ring (bicyclic) bond motifs is 1. The number of aromatic nitrogens is 3. The topological polar surface area (TPSA) is 76.1 Å². The predicted molar refractivity (Wildman–Crippen MR) is 94.9 cm³/mol. The van der Waals surface area contributed by atoms with Gasteiger partial charge in [0.05, 0.1) is 18.5 Å². The Hall–Kier alpha value is -1.86. The van der Waals surface area contributed by atoms with Crippen LogP contribution in [0.5, 0.6) is 0 Å². The number of hydrogen-bond donors (Lipinski definition) is 2. The van der Waals surface area contributed by atoms with E-state index in [1.54, 1.807) is 6.33 Å². The van der Waals surface area contributed by atoms with Crippen molar-refractivity contribution in [3.63, 3.8) is 0 Å². The summed E-state index contributed by atoms with van der Waals surface area (Å²) >= 11 is 3.35. The molecule has 7 heteroatoms. The zero-order chi connectivity index (χ0) is 16.5. The third kappa shape index (κ3) is 3.32. The average molecular weight is 391 g/mol. The number of imidazole rings is 1. The van der Waals surface area contributed by atoms with E-state index in [2.05, 4.69) is 31.2 Å². The van der Waals surface area contributed by atoms with E-state index in [0.717, 1.165) is 53.5 Å². The van der Waals surface area contributed by atoms with Crippen LogP contribution in [0.15, 0.2) is 39.7 Å². The van der Waals surface area contributed by atoms with Crippen LogP contribution in [0.2, 0.25) is 0 Å². The minimum absolute atomic E-state index is 0.0228. The first-order valence-corrected chi connectivity index (χ1v) is 8.98. The van der Waals surface area contributed by atoms with Crippen LogP contribution in [0.3, 0.4) is 0 Å². The molecular weight excluding hydrogens is 372 g/mol. The van der Waals surface area contributed by atoms with E-state index in [-0.39, 0.29) is 12.1 Å². The van der Waals surface area contributed by atoms with Gasteiger partial charge in [-0.3, -0.25) is 0 Å². The van der Waals surface area contributed by atoms with Crippen LogP contribution < -0.4 is 5.32 Å². The van der Waals surface area contributed by atoms with Gasteiger partial charge in [-0.2, -0.15) is 4.98 Å². The summed E-state index contributed by atoms with van der Waals surface area (Å²) in [7, 11) is 0. The monoisotopic (exact) mass is 390 g/mol. The Kier molecular flexibility index (Phi) is 4.28. The lowest BCUT2D eigenvalue weighted by molar-refractivity contribution is 0.115. The van der Waals surface area contributed by atoms with E-state index < -0.39 is 0 Å². The first kappa shape index (κ1) is 15.7. The molecule has 0 radical (unpaired) electrons. The van der Waals surface area contributed by atoms with Gasteiger partial charge in [-0.05, 0) is 46.5 Å². The molecule has 0 saturated heterocycles. The number of hydrogen-bond acceptors (Lipinski definition) is 5. The van der Waals surface area contributed by atoms with Gasteiger partial charge in [-0.25, -0.2) is 4.98 Å². The van der Waals surface area contributed by atoms with E-state index in [1.807, 2.05) is 29.0 Å². The average Bonchev–Trinajstić information content (AvgIpc) is 3.15. The van der Waals surface area contributed by atoms with Gasteiger partial charge in [0.2, 0.25) is 0 Å². The van der Waals surface area contributed by atoms with Crippen LogP contribution in [0, 0.1) is 0 Å². The van der Waals surface area contributed by atoms with Crippen LogP contribution >= 0.6 is 15.9 Å². The normalized spacial score (nSPS) is 21.2. The standard InChI is InChI=1S/C17H19BrN4O2/c18-16-9-22(10-19-16)8-11-5-6-13-15(7-11)24-17(21-13)20-12-3-1-2-4-14(12)23/h5-7,9-10,12,14,23H,1-4,8H2,(H,20,21)/t12-,14-/m1/s1. The SMILES string of the molecule is O[C@@H]1CCCC[C@H]1Nc1nc2ccc(Cn3cnc(Br)c3)cc2o1. The summed E-state index contributed by atoms with van der Waals surface area (Å²) < 4.78 is 8.65. The lowest BCUT2D eigenvalue weighted by atomic mass is 9.93. The fourth-order valence-corrected chi connectivity index (χ4v) is 3.55. The van der Waals surface area contributed by atoms with Crippen molar-refractivity contribution in [1.82, 2.24) is 14.5 Å². The highest BCUT2D eigenvalue weighted by atomic mass is 79.9. The summed E-state index contributed by atoms with van der Waals surface area (Å²) in [5.74, 6) is 0. The van der Waals surface area contributed by atoms with Crippen molar-refractivity contribution in [1.29, 1.82) is 0 Å². The van der Waals surface area contributed by atoms with Crippen molar-refractivity contribution in [3.8, 4) is 0 Å². The molecule has 0 spiro atoms. The molecule has 6 nitrogen and oxygen atoms in total. The molecule has 1 fully saturated rings. The number of halogens is 1. The Morgan fingerprint density at radius 3 is 3.00 bits per heavy atom. The van der Waals surface area contributed by atoms with Crippen molar-refractivity contribution in [3.05, 3.63) is 40.9 Å². The van der Waals surface area contributed by atoms with Crippen LogP contribution in [-0.4, -0.2) is 31.8 Å². The zero-order valence-electron chi connectivity index (χ0n) is 13.2. The maximum Gasteiger partial charge on any atom is 0.295 e. The third-order valence-electron chi connectivity index (χ3n) is 4.46. The van der Waals surface area contributed by atoms with Crippen LogP contribution in [-0.2, 0) is 6.54 Å². The molecule has 126 valence electrons. The number of benzene rings is 1. The molecule has 4 rings (SSSR count). The van der Waals surface area contributed by atoms with Crippen LogP contribution in [0.4, 0.5) is 6.01 Å². The highest BCUT2D eigenvalue weighted by Gasteiger charge is 2.24. The number of anilines is 1. The molecule has 0 unspecified atom stereocenters. The zero-order valence-corrected chi connectivity index (χ0v) is 14.7. The molecule has 1 aliphatic rings. The minimum atomic E-state index is -0.330. The molecule has 0 amide bonds. The Bertz CT molecular complexity index is 844. The molecule has 2 aromatic heterocycles. The number of aliphatic hydroxyl groups is 1. The van der Waals surface area contributed by atoms with Crippen molar-refractivity contribution in [2.45, 2.75) is 44.4 Å². The summed E-state index contributed by atoms with van der Waals surface area (Å²) in [6.07, 6.45) is 7.38. The van der Waals surface area contributed by atoms with Crippen molar-refractivity contribution < 1.29 is 9.52 Å². The smallest absolute Gasteiger partial charge is 0.295 e. The number of aliphatic hydroxyl groups excluding tert-OH is 1. The van der Waals surface area contributed by atoms with Gasteiger partial charge >= 0.3 is 0 Å². The molecule has 1 aromatic carbocycles. The van der Waals surface area contributed by atoms with E-state index in [1.165, 1.54) is 0 Å². The number of nitrogens with one attached hydrogen (secondary N) is 1. The van der Waals surface area contributed by atoms with E-state index >= 15 is 0 Å². The summed E-state index contributed by atoms with van der Waals surface area (Å²) in [5, 5.41) is 13.3. The molecule has 2 N–H and O–H groups in total. The van der Waals surface area contributed by atoms with Gasteiger partial charge in [0.25, 0.3) is 6.01 Å². The van der Waals surface area contributed by atoms with Gasteiger partial charge in [0, 0.05) is 12.7 Å². The van der Waals surface area contributed by atoms with Crippen LogP contribution in [0.1, 0.15) is 31.2 Å². The Morgan fingerprint density at radius 2 is 2.21 bits per heavy atom. The lowest BCUT2D eigenvalue weighted by Crippen LogP contribution is -2.36. The fraction of sp³-hybridized carbons (Fsp3) is 0.412. The highest BCUT2D eigenvalue weighted by Crippen LogP contribution is 2.25. The molecule has 2 atom stereocenters. The van der Waals surface area contributed by atoms with E-state index in [9.17, 15) is 5.11 Å². The molecule has 24 heavy (non-hydrogen) atoms. The number of rotatable bonds is 4. The fourth-order valence-electron chi connectivity index (χ4n) is 3.20. The quantitative estimate of drug-likeness (QED) is 0.712. The second kappa shape index (κ2) is 6.57. The largest absolute Gasteiger partial charge is 0.424 e. The summed E-state index contributed by atoms with van der Waals surface area (Å²) in [5.41, 5.74) is 2.69. The van der Waals surface area contributed by atoms with Gasteiger partial charge in [0.1, 0.15) is 10.1 Å². The second-order valence-electron chi connectivity index (χ2n) is 6.29. The van der Waals surface area contributed by atoms with Crippen molar-refractivity contribution in [2.24, 2.45) is 0 Å². The molecule has 2 heterocycles.